The molecule has 9 heteroatoms. The molecule has 0 saturated heterocycles. The lowest BCUT2D eigenvalue weighted by Crippen LogP contribution is -2.53. The molecule has 1 N–H and O–H groups in total. The molecule has 0 fully saturated rings. The minimum absolute atomic E-state index is 0.140. The number of unbranched alkanes of at least 4 members (excludes halogenated alkanes) is 1. The van der Waals surface area contributed by atoms with Gasteiger partial charge in [0.25, 0.3) is 0 Å². The van der Waals surface area contributed by atoms with Gasteiger partial charge in [-0.25, -0.2) is 8.42 Å². The first-order valence-corrected chi connectivity index (χ1v) is 16.0. The Labute approximate surface area is 246 Å². The number of hydrogen-bond acceptors (Lipinski definition) is 4. The third-order valence-electron chi connectivity index (χ3n) is 6.66. The smallest absolute Gasteiger partial charge is 0.244 e. The molecule has 40 heavy (non-hydrogen) atoms. The number of anilines is 1. The molecule has 3 aromatic carbocycles. The van der Waals surface area contributed by atoms with Crippen molar-refractivity contribution in [2.45, 2.75) is 52.6 Å². The quantitative estimate of drug-likeness (QED) is 0.258. The standard InChI is InChI=1S/C31H38BrN3O4S/c1-5-6-17-33-31(37)29(20-25-11-8-7-9-12-25)34(21-26-13-10-14-27(32)19-26)30(36)22-35(40(4,38)39)28-18-23(2)15-16-24(28)3/h7-16,18-19,29H,5-6,17,20-22H2,1-4H3,(H,33,37)/t29-/m0/s1. The topological polar surface area (TPSA) is 86.8 Å². The van der Waals surface area contributed by atoms with E-state index in [0.29, 0.717) is 18.7 Å². The van der Waals surface area contributed by atoms with E-state index in [4.69, 9.17) is 0 Å². The fourth-order valence-electron chi connectivity index (χ4n) is 4.48. The molecular formula is C31H38BrN3O4S. The van der Waals surface area contributed by atoms with Crippen LogP contribution in [0.25, 0.3) is 0 Å². The maximum absolute atomic E-state index is 14.2. The first-order chi connectivity index (χ1) is 19.0. The minimum Gasteiger partial charge on any atom is -0.354 e. The Kier molecular flexibility index (Phi) is 11.3. The average Bonchev–Trinajstić information content (AvgIpc) is 2.90. The van der Waals surface area contributed by atoms with Crippen LogP contribution in [0.15, 0.2) is 77.3 Å². The Morgan fingerprint density at radius 2 is 1.65 bits per heavy atom. The Morgan fingerprint density at radius 3 is 2.30 bits per heavy atom. The van der Waals surface area contributed by atoms with Gasteiger partial charge in [0.15, 0.2) is 0 Å². The predicted octanol–water partition coefficient (Wildman–Crippen LogP) is 5.39. The van der Waals surface area contributed by atoms with Crippen LogP contribution in [0.5, 0.6) is 0 Å². The summed E-state index contributed by atoms with van der Waals surface area (Å²) in [4.78, 5) is 29.3. The van der Waals surface area contributed by atoms with Gasteiger partial charge in [-0.1, -0.05) is 83.9 Å². The molecule has 0 aliphatic heterocycles. The van der Waals surface area contributed by atoms with Crippen molar-refractivity contribution in [1.82, 2.24) is 10.2 Å². The number of aryl methyl sites for hydroxylation is 2. The number of nitrogens with one attached hydrogen (secondary N) is 1. The Balaban J connectivity index is 2.06. The second kappa shape index (κ2) is 14.5. The number of halogens is 1. The molecule has 3 aromatic rings. The summed E-state index contributed by atoms with van der Waals surface area (Å²) in [5, 5.41) is 2.99. The number of carbonyl (C=O) groups is 2. The molecule has 0 aliphatic carbocycles. The number of hydrogen-bond donors (Lipinski definition) is 1. The predicted molar refractivity (Wildman–Crippen MR) is 165 cm³/mol. The van der Waals surface area contributed by atoms with Gasteiger partial charge >= 0.3 is 0 Å². The number of sulfonamides is 1. The molecule has 0 radical (unpaired) electrons. The van der Waals surface area contributed by atoms with E-state index < -0.39 is 28.5 Å². The van der Waals surface area contributed by atoms with E-state index in [1.54, 1.807) is 6.07 Å². The largest absolute Gasteiger partial charge is 0.354 e. The monoisotopic (exact) mass is 627 g/mol. The summed E-state index contributed by atoms with van der Waals surface area (Å²) in [6.45, 7) is 5.95. The Hall–Kier alpha value is -3.17. The molecule has 214 valence electrons. The van der Waals surface area contributed by atoms with Gasteiger partial charge in [0.2, 0.25) is 21.8 Å². The third kappa shape index (κ3) is 8.93. The van der Waals surface area contributed by atoms with Gasteiger partial charge in [-0.15, -0.1) is 0 Å². The van der Waals surface area contributed by atoms with Crippen LogP contribution in [0.4, 0.5) is 5.69 Å². The Morgan fingerprint density at radius 1 is 0.950 bits per heavy atom. The maximum atomic E-state index is 14.2. The zero-order chi connectivity index (χ0) is 29.3. The van der Waals surface area contributed by atoms with Crippen molar-refractivity contribution in [3.8, 4) is 0 Å². The molecule has 0 aliphatic rings. The van der Waals surface area contributed by atoms with Crippen LogP contribution in [0.3, 0.4) is 0 Å². The number of rotatable bonds is 13. The second-order valence-electron chi connectivity index (χ2n) is 10.1. The van der Waals surface area contributed by atoms with Crippen molar-refractivity contribution in [2.75, 3.05) is 23.7 Å². The molecule has 0 aromatic heterocycles. The van der Waals surface area contributed by atoms with E-state index in [9.17, 15) is 18.0 Å². The van der Waals surface area contributed by atoms with Crippen LogP contribution in [0.1, 0.15) is 42.0 Å². The van der Waals surface area contributed by atoms with Crippen molar-refractivity contribution < 1.29 is 18.0 Å². The molecule has 2 amide bonds. The third-order valence-corrected chi connectivity index (χ3v) is 8.27. The van der Waals surface area contributed by atoms with Crippen molar-refractivity contribution in [2.24, 2.45) is 0 Å². The molecule has 7 nitrogen and oxygen atoms in total. The lowest BCUT2D eigenvalue weighted by molar-refractivity contribution is -0.140. The van der Waals surface area contributed by atoms with Gasteiger partial charge in [0.1, 0.15) is 12.6 Å². The fourth-order valence-corrected chi connectivity index (χ4v) is 5.82. The zero-order valence-corrected chi connectivity index (χ0v) is 26.0. The molecule has 3 rings (SSSR count). The van der Waals surface area contributed by atoms with Crippen LogP contribution in [-0.2, 0) is 32.6 Å². The van der Waals surface area contributed by atoms with E-state index in [-0.39, 0.29) is 12.5 Å². The van der Waals surface area contributed by atoms with E-state index >= 15 is 0 Å². The fraction of sp³-hybridized carbons (Fsp3) is 0.355. The van der Waals surface area contributed by atoms with Crippen LogP contribution in [0.2, 0.25) is 0 Å². The number of benzene rings is 3. The molecule has 1 atom stereocenters. The van der Waals surface area contributed by atoms with Crippen LogP contribution >= 0.6 is 15.9 Å². The highest BCUT2D eigenvalue weighted by atomic mass is 79.9. The summed E-state index contributed by atoms with van der Waals surface area (Å²) in [5.41, 5.74) is 3.79. The van der Waals surface area contributed by atoms with Gasteiger partial charge in [0.05, 0.1) is 11.9 Å². The summed E-state index contributed by atoms with van der Waals surface area (Å²) in [6.07, 6.45) is 3.13. The van der Waals surface area contributed by atoms with Crippen molar-refractivity contribution >= 4 is 43.5 Å². The molecular weight excluding hydrogens is 590 g/mol. The molecule has 0 unspecified atom stereocenters. The molecule has 0 saturated carbocycles. The lowest BCUT2D eigenvalue weighted by Gasteiger charge is -2.34. The summed E-state index contributed by atoms with van der Waals surface area (Å²) < 4.78 is 28.0. The van der Waals surface area contributed by atoms with Crippen molar-refractivity contribution in [3.63, 3.8) is 0 Å². The van der Waals surface area contributed by atoms with E-state index in [1.165, 1.54) is 4.90 Å². The van der Waals surface area contributed by atoms with Crippen molar-refractivity contribution in [3.05, 3.63) is 99.5 Å². The highest BCUT2D eigenvalue weighted by Crippen LogP contribution is 2.25. The van der Waals surface area contributed by atoms with E-state index in [2.05, 4.69) is 21.2 Å². The second-order valence-corrected chi connectivity index (χ2v) is 12.9. The van der Waals surface area contributed by atoms with Gasteiger partial charge in [0, 0.05) is 24.0 Å². The number of nitrogens with zero attached hydrogens (tertiary/aromatic N) is 2. The Bertz CT molecular complexity index is 1410. The maximum Gasteiger partial charge on any atom is 0.244 e. The SMILES string of the molecule is CCCCNC(=O)[C@H](Cc1ccccc1)N(Cc1cccc(Br)c1)C(=O)CN(c1cc(C)ccc1C)S(C)(=O)=O. The summed E-state index contributed by atoms with van der Waals surface area (Å²) in [7, 11) is -3.81. The van der Waals surface area contributed by atoms with E-state index in [0.717, 1.165) is 50.1 Å². The average molecular weight is 629 g/mol. The zero-order valence-electron chi connectivity index (χ0n) is 23.6. The van der Waals surface area contributed by atoms with Gasteiger partial charge in [-0.3, -0.25) is 13.9 Å². The molecule has 0 bridgehead atoms. The highest BCUT2D eigenvalue weighted by molar-refractivity contribution is 9.10. The normalized spacial score (nSPS) is 12.0. The highest BCUT2D eigenvalue weighted by Gasteiger charge is 2.33. The van der Waals surface area contributed by atoms with Crippen molar-refractivity contribution in [1.29, 1.82) is 0 Å². The van der Waals surface area contributed by atoms with Gasteiger partial charge in [-0.05, 0) is 60.7 Å². The minimum atomic E-state index is -3.81. The number of carbonyl (C=O) groups excluding carboxylic acids is 2. The first-order valence-electron chi connectivity index (χ1n) is 13.4. The number of amides is 2. The molecule has 0 spiro atoms. The summed E-state index contributed by atoms with van der Waals surface area (Å²) >= 11 is 3.49. The van der Waals surface area contributed by atoms with Gasteiger partial charge in [-0.2, -0.15) is 0 Å². The van der Waals surface area contributed by atoms with Gasteiger partial charge < -0.3 is 10.2 Å². The summed E-state index contributed by atoms with van der Waals surface area (Å²) in [5.74, 6) is -0.726. The molecule has 0 heterocycles. The first kappa shape index (κ1) is 31.4. The van der Waals surface area contributed by atoms with Crippen LogP contribution in [-0.4, -0.2) is 50.5 Å². The van der Waals surface area contributed by atoms with E-state index in [1.807, 2.05) is 87.5 Å². The van der Waals surface area contributed by atoms with Crippen LogP contribution < -0.4 is 9.62 Å². The summed E-state index contributed by atoms with van der Waals surface area (Å²) in [6, 6.07) is 21.7. The van der Waals surface area contributed by atoms with Crippen LogP contribution in [0, 0.1) is 13.8 Å². The lowest BCUT2D eigenvalue weighted by atomic mass is 10.0.